The van der Waals surface area contributed by atoms with Crippen molar-refractivity contribution >= 4 is 9.84 Å². The highest BCUT2D eigenvalue weighted by atomic mass is 32.2. The lowest BCUT2D eigenvalue weighted by Crippen LogP contribution is -2.19. The fourth-order valence-corrected chi connectivity index (χ4v) is 3.70. The summed E-state index contributed by atoms with van der Waals surface area (Å²) in [5, 5.41) is 2.80. The standard InChI is InChI=1S/C11H15NO2S/c13-15(14)9-8-12-7-6-11(15)10-4-2-1-3-5-10/h1-5,11-12H,6-9H2. The summed E-state index contributed by atoms with van der Waals surface area (Å²) in [7, 11) is -2.98. The first-order valence-electron chi connectivity index (χ1n) is 5.17. The zero-order chi connectivity index (χ0) is 10.7. The van der Waals surface area contributed by atoms with Gasteiger partial charge in [0.25, 0.3) is 0 Å². The topological polar surface area (TPSA) is 46.2 Å². The van der Waals surface area contributed by atoms with Crippen LogP contribution in [0.2, 0.25) is 0 Å². The van der Waals surface area contributed by atoms with Crippen molar-refractivity contribution in [2.24, 2.45) is 0 Å². The predicted molar refractivity (Wildman–Crippen MR) is 60.5 cm³/mol. The van der Waals surface area contributed by atoms with E-state index in [1.807, 2.05) is 30.3 Å². The Morgan fingerprint density at radius 1 is 1.13 bits per heavy atom. The van der Waals surface area contributed by atoms with Crippen LogP contribution in [0.25, 0.3) is 0 Å². The van der Waals surface area contributed by atoms with Gasteiger partial charge in [-0.25, -0.2) is 8.42 Å². The van der Waals surface area contributed by atoms with Gasteiger partial charge in [-0.1, -0.05) is 30.3 Å². The number of nitrogens with one attached hydrogen (secondary N) is 1. The molecular formula is C11H15NO2S. The molecule has 0 spiro atoms. The third-order valence-corrected chi connectivity index (χ3v) is 4.90. The summed E-state index contributed by atoms with van der Waals surface area (Å²) in [6, 6.07) is 9.48. The number of hydrogen-bond acceptors (Lipinski definition) is 3. The minimum Gasteiger partial charge on any atom is -0.316 e. The van der Waals surface area contributed by atoms with E-state index in [4.69, 9.17) is 0 Å². The summed E-state index contributed by atoms with van der Waals surface area (Å²) in [4.78, 5) is 0. The quantitative estimate of drug-likeness (QED) is 0.779. The van der Waals surface area contributed by atoms with Crippen LogP contribution in [0.15, 0.2) is 30.3 Å². The molecule has 4 heteroatoms. The summed E-state index contributed by atoms with van der Waals surface area (Å²) in [6.45, 7) is 1.35. The Bertz CT molecular complexity index is 413. The SMILES string of the molecule is O=S1(=O)CCNCCC1c1ccccc1. The molecule has 0 amide bonds. The van der Waals surface area contributed by atoms with Gasteiger partial charge in [-0.2, -0.15) is 0 Å². The zero-order valence-electron chi connectivity index (χ0n) is 8.52. The smallest absolute Gasteiger partial charge is 0.158 e. The lowest BCUT2D eigenvalue weighted by molar-refractivity contribution is 0.581. The molecule has 0 bridgehead atoms. The molecule has 15 heavy (non-hydrogen) atoms. The van der Waals surface area contributed by atoms with Crippen molar-refractivity contribution in [2.75, 3.05) is 18.8 Å². The van der Waals surface area contributed by atoms with Gasteiger partial charge < -0.3 is 5.32 Å². The first-order valence-corrected chi connectivity index (χ1v) is 6.89. The van der Waals surface area contributed by atoms with Gasteiger partial charge in [0.1, 0.15) is 0 Å². The molecule has 0 saturated carbocycles. The highest BCUT2D eigenvalue weighted by molar-refractivity contribution is 7.91. The maximum atomic E-state index is 12.0. The van der Waals surface area contributed by atoms with E-state index in [-0.39, 0.29) is 11.0 Å². The minimum absolute atomic E-state index is 0.243. The second-order valence-electron chi connectivity index (χ2n) is 3.80. The Balaban J connectivity index is 2.34. The average Bonchev–Trinajstić information content (AvgIpc) is 2.40. The van der Waals surface area contributed by atoms with E-state index < -0.39 is 9.84 Å². The molecule has 1 fully saturated rings. The molecule has 1 aromatic carbocycles. The zero-order valence-corrected chi connectivity index (χ0v) is 9.33. The van der Waals surface area contributed by atoms with E-state index >= 15 is 0 Å². The van der Waals surface area contributed by atoms with Crippen molar-refractivity contribution in [2.45, 2.75) is 11.7 Å². The van der Waals surface area contributed by atoms with Crippen LogP contribution in [0.3, 0.4) is 0 Å². The van der Waals surface area contributed by atoms with Crippen molar-refractivity contribution in [1.29, 1.82) is 0 Å². The highest BCUT2D eigenvalue weighted by Gasteiger charge is 2.28. The summed E-state index contributed by atoms with van der Waals surface area (Å²) in [5.74, 6) is 0.243. The lowest BCUT2D eigenvalue weighted by atomic mass is 10.1. The van der Waals surface area contributed by atoms with Gasteiger partial charge in [-0.15, -0.1) is 0 Å². The van der Waals surface area contributed by atoms with Crippen LogP contribution in [0.5, 0.6) is 0 Å². The Hall–Kier alpha value is -0.870. The predicted octanol–water partition coefficient (Wildman–Crippen LogP) is 1.14. The number of sulfone groups is 1. The van der Waals surface area contributed by atoms with E-state index in [0.29, 0.717) is 13.0 Å². The third kappa shape index (κ3) is 2.38. The van der Waals surface area contributed by atoms with Gasteiger partial charge in [0.15, 0.2) is 9.84 Å². The molecule has 0 radical (unpaired) electrons. The molecule has 1 N–H and O–H groups in total. The number of rotatable bonds is 1. The molecule has 1 aliphatic rings. The molecule has 1 heterocycles. The van der Waals surface area contributed by atoms with Crippen LogP contribution in [0, 0.1) is 0 Å². The Morgan fingerprint density at radius 2 is 1.87 bits per heavy atom. The minimum atomic E-state index is -2.98. The van der Waals surface area contributed by atoms with Crippen molar-refractivity contribution < 1.29 is 8.42 Å². The van der Waals surface area contributed by atoms with E-state index in [9.17, 15) is 8.42 Å². The van der Waals surface area contributed by atoms with E-state index in [2.05, 4.69) is 5.32 Å². The molecule has 2 rings (SSSR count). The normalized spacial score (nSPS) is 25.7. The van der Waals surface area contributed by atoms with Crippen molar-refractivity contribution in [3.05, 3.63) is 35.9 Å². The first kappa shape index (κ1) is 10.6. The van der Waals surface area contributed by atoms with E-state index in [1.54, 1.807) is 0 Å². The van der Waals surface area contributed by atoms with Crippen LogP contribution >= 0.6 is 0 Å². The molecule has 0 aromatic heterocycles. The molecule has 82 valence electrons. The fraction of sp³-hybridized carbons (Fsp3) is 0.455. The lowest BCUT2D eigenvalue weighted by Gasteiger charge is -2.14. The first-order chi connectivity index (χ1) is 7.20. The van der Waals surface area contributed by atoms with Gasteiger partial charge >= 0.3 is 0 Å². The molecular weight excluding hydrogens is 210 g/mol. The van der Waals surface area contributed by atoms with Gasteiger partial charge in [-0.05, 0) is 18.5 Å². The average molecular weight is 225 g/mol. The second kappa shape index (κ2) is 4.33. The van der Waals surface area contributed by atoms with Crippen LogP contribution in [-0.2, 0) is 9.84 Å². The summed E-state index contributed by atoms with van der Waals surface area (Å²) >= 11 is 0. The molecule has 1 unspecified atom stereocenters. The molecule has 3 nitrogen and oxygen atoms in total. The van der Waals surface area contributed by atoms with Crippen LogP contribution in [-0.4, -0.2) is 27.3 Å². The van der Waals surface area contributed by atoms with Crippen molar-refractivity contribution in [3.63, 3.8) is 0 Å². The molecule has 0 aliphatic carbocycles. The van der Waals surface area contributed by atoms with Gasteiger partial charge in [0, 0.05) is 6.54 Å². The molecule has 1 atom stereocenters. The number of hydrogen-bond donors (Lipinski definition) is 1. The van der Waals surface area contributed by atoms with E-state index in [0.717, 1.165) is 12.1 Å². The van der Waals surface area contributed by atoms with Gasteiger partial charge in [-0.3, -0.25) is 0 Å². The molecule has 1 aromatic rings. The molecule has 1 aliphatic heterocycles. The largest absolute Gasteiger partial charge is 0.316 e. The van der Waals surface area contributed by atoms with Crippen LogP contribution in [0.4, 0.5) is 0 Å². The third-order valence-electron chi connectivity index (χ3n) is 2.75. The van der Waals surface area contributed by atoms with Gasteiger partial charge in [0.2, 0.25) is 0 Å². The maximum absolute atomic E-state index is 12.0. The van der Waals surface area contributed by atoms with Crippen molar-refractivity contribution in [1.82, 2.24) is 5.32 Å². The summed E-state index contributed by atoms with van der Waals surface area (Å²) in [5.41, 5.74) is 0.918. The van der Waals surface area contributed by atoms with Crippen LogP contribution in [0.1, 0.15) is 17.2 Å². The van der Waals surface area contributed by atoms with Crippen molar-refractivity contribution in [3.8, 4) is 0 Å². The highest BCUT2D eigenvalue weighted by Crippen LogP contribution is 2.27. The second-order valence-corrected chi connectivity index (χ2v) is 6.11. The number of benzene rings is 1. The Kier molecular flexibility index (Phi) is 3.07. The van der Waals surface area contributed by atoms with Crippen LogP contribution < -0.4 is 5.32 Å². The summed E-state index contributed by atoms with van der Waals surface area (Å²) < 4.78 is 23.9. The maximum Gasteiger partial charge on any atom is 0.158 e. The monoisotopic (exact) mass is 225 g/mol. The van der Waals surface area contributed by atoms with Gasteiger partial charge in [0.05, 0.1) is 11.0 Å². The molecule has 1 saturated heterocycles. The van der Waals surface area contributed by atoms with E-state index in [1.165, 1.54) is 0 Å². The Morgan fingerprint density at radius 3 is 2.60 bits per heavy atom. The summed E-state index contributed by atoms with van der Waals surface area (Å²) in [6.07, 6.45) is 0.673. The Labute approximate surface area is 90.4 Å². The fourth-order valence-electron chi connectivity index (χ4n) is 1.94.